The van der Waals surface area contributed by atoms with E-state index in [0.29, 0.717) is 13.1 Å². The number of nitrogens with one attached hydrogen (secondary N) is 1. The van der Waals surface area contributed by atoms with Gasteiger partial charge in [0.05, 0.1) is 12.5 Å². The van der Waals surface area contributed by atoms with Crippen LogP contribution in [-0.2, 0) is 4.79 Å². The highest BCUT2D eigenvalue weighted by atomic mass is 16.4. The summed E-state index contributed by atoms with van der Waals surface area (Å²) in [4.78, 5) is 28.0. The number of hydrogen-bond acceptors (Lipinski definition) is 3. The van der Waals surface area contributed by atoms with Gasteiger partial charge in [0.1, 0.15) is 0 Å². The molecule has 0 bridgehead atoms. The van der Waals surface area contributed by atoms with E-state index in [1.54, 1.807) is 4.90 Å². The number of anilines is 1. The Morgan fingerprint density at radius 1 is 1.04 bits per heavy atom. The summed E-state index contributed by atoms with van der Waals surface area (Å²) in [5.74, 6) is -0.936. The smallest absolute Gasteiger partial charge is 0.318 e. The lowest BCUT2D eigenvalue weighted by atomic mass is 10.0. The standard InChI is InChI=1S/C22H27N3O3/c1-16-8-9-17(2)20(14-16)24-10-12-25(13-11-24)22(28)23-19(15-21(26)27)18-6-4-3-5-7-18/h3-9,14,19H,10-13,15H2,1-2H3,(H,23,28)(H,26,27)/t19-/m1/s1. The SMILES string of the molecule is Cc1ccc(C)c(N2CCN(C(=O)N[C@H](CC(=O)O)c3ccccc3)CC2)c1. The molecule has 0 aromatic heterocycles. The number of carboxylic acid groups (broad SMARTS) is 1. The Morgan fingerprint density at radius 3 is 2.36 bits per heavy atom. The predicted molar refractivity (Wildman–Crippen MR) is 110 cm³/mol. The third-order valence-corrected chi connectivity index (χ3v) is 5.15. The molecule has 0 radical (unpaired) electrons. The molecule has 2 amide bonds. The number of hydrogen-bond donors (Lipinski definition) is 2. The molecule has 1 fully saturated rings. The molecule has 0 spiro atoms. The summed E-state index contributed by atoms with van der Waals surface area (Å²) in [5, 5.41) is 12.1. The monoisotopic (exact) mass is 381 g/mol. The average molecular weight is 381 g/mol. The van der Waals surface area contributed by atoms with E-state index in [1.807, 2.05) is 30.3 Å². The zero-order chi connectivity index (χ0) is 20.1. The summed E-state index contributed by atoms with van der Waals surface area (Å²) in [6.07, 6.45) is -0.141. The maximum absolute atomic E-state index is 12.7. The van der Waals surface area contributed by atoms with Crippen molar-refractivity contribution < 1.29 is 14.7 Å². The van der Waals surface area contributed by atoms with E-state index in [-0.39, 0.29) is 12.5 Å². The number of aliphatic carboxylic acids is 1. The second-order valence-corrected chi connectivity index (χ2v) is 7.27. The molecule has 148 valence electrons. The lowest BCUT2D eigenvalue weighted by Crippen LogP contribution is -2.52. The third kappa shape index (κ3) is 4.82. The lowest BCUT2D eigenvalue weighted by Gasteiger charge is -2.37. The predicted octanol–water partition coefficient (Wildman–Crippen LogP) is 3.35. The lowest BCUT2D eigenvalue weighted by molar-refractivity contribution is -0.137. The summed E-state index contributed by atoms with van der Waals surface area (Å²) in [5.41, 5.74) is 4.47. The zero-order valence-corrected chi connectivity index (χ0v) is 16.4. The number of carbonyl (C=O) groups is 2. The summed E-state index contributed by atoms with van der Waals surface area (Å²) >= 11 is 0. The van der Waals surface area contributed by atoms with Crippen LogP contribution < -0.4 is 10.2 Å². The van der Waals surface area contributed by atoms with Gasteiger partial charge in [0.15, 0.2) is 0 Å². The Kier molecular flexibility index (Phi) is 6.19. The summed E-state index contributed by atoms with van der Waals surface area (Å²) in [6.45, 7) is 6.91. The Hall–Kier alpha value is -3.02. The molecular weight excluding hydrogens is 354 g/mol. The molecule has 1 aliphatic heterocycles. The number of urea groups is 1. The first-order valence-corrected chi connectivity index (χ1v) is 9.58. The minimum Gasteiger partial charge on any atom is -0.481 e. The molecule has 3 rings (SSSR count). The Bertz CT molecular complexity index is 830. The Balaban J connectivity index is 1.62. The van der Waals surface area contributed by atoms with Gasteiger partial charge in [-0.3, -0.25) is 4.79 Å². The number of piperazine rings is 1. The fourth-order valence-corrected chi connectivity index (χ4v) is 3.56. The molecule has 28 heavy (non-hydrogen) atoms. The molecule has 2 aromatic rings. The van der Waals surface area contributed by atoms with Crippen LogP contribution in [-0.4, -0.2) is 48.2 Å². The number of amides is 2. The van der Waals surface area contributed by atoms with E-state index in [9.17, 15) is 14.7 Å². The second-order valence-electron chi connectivity index (χ2n) is 7.27. The van der Waals surface area contributed by atoms with Crippen LogP contribution in [0.3, 0.4) is 0 Å². The number of benzene rings is 2. The van der Waals surface area contributed by atoms with E-state index < -0.39 is 12.0 Å². The summed E-state index contributed by atoms with van der Waals surface area (Å²) in [7, 11) is 0. The highest BCUT2D eigenvalue weighted by Crippen LogP contribution is 2.23. The van der Waals surface area contributed by atoms with Gasteiger partial charge in [-0.25, -0.2) is 4.79 Å². The average Bonchev–Trinajstić information content (AvgIpc) is 2.70. The van der Waals surface area contributed by atoms with Crippen molar-refractivity contribution >= 4 is 17.7 Å². The zero-order valence-electron chi connectivity index (χ0n) is 16.4. The molecule has 0 saturated carbocycles. The van der Waals surface area contributed by atoms with Crippen molar-refractivity contribution in [3.63, 3.8) is 0 Å². The van der Waals surface area contributed by atoms with E-state index in [0.717, 1.165) is 18.7 Å². The molecule has 6 heteroatoms. The normalized spacial score (nSPS) is 15.2. The number of aryl methyl sites for hydroxylation is 2. The van der Waals surface area contributed by atoms with E-state index in [4.69, 9.17) is 0 Å². The van der Waals surface area contributed by atoms with Crippen LogP contribution in [0.1, 0.15) is 29.2 Å². The van der Waals surface area contributed by atoms with Crippen LogP contribution in [0.2, 0.25) is 0 Å². The maximum atomic E-state index is 12.7. The van der Waals surface area contributed by atoms with Gasteiger partial charge in [-0.1, -0.05) is 42.5 Å². The van der Waals surface area contributed by atoms with Gasteiger partial charge >= 0.3 is 12.0 Å². The summed E-state index contributed by atoms with van der Waals surface area (Å²) in [6, 6.07) is 14.9. The van der Waals surface area contributed by atoms with Crippen LogP contribution in [0.4, 0.5) is 10.5 Å². The van der Waals surface area contributed by atoms with Gasteiger partial charge in [-0.2, -0.15) is 0 Å². The van der Waals surface area contributed by atoms with Crippen LogP contribution in [0.5, 0.6) is 0 Å². The molecular formula is C22H27N3O3. The van der Waals surface area contributed by atoms with Crippen molar-refractivity contribution in [2.24, 2.45) is 0 Å². The van der Waals surface area contributed by atoms with Crippen molar-refractivity contribution in [1.82, 2.24) is 10.2 Å². The molecule has 1 saturated heterocycles. The van der Waals surface area contributed by atoms with Crippen molar-refractivity contribution in [1.29, 1.82) is 0 Å². The first kappa shape index (κ1) is 19.7. The fourth-order valence-electron chi connectivity index (χ4n) is 3.56. The van der Waals surface area contributed by atoms with Crippen LogP contribution >= 0.6 is 0 Å². The Labute approximate surface area is 165 Å². The van der Waals surface area contributed by atoms with Crippen molar-refractivity contribution in [3.8, 4) is 0 Å². The quantitative estimate of drug-likeness (QED) is 0.833. The minimum atomic E-state index is -0.936. The van der Waals surface area contributed by atoms with Crippen LogP contribution in [0, 0.1) is 13.8 Å². The largest absolute Gasteiger partial charge is 0.481 e. The van der Waals surface area contributed by atoms with Gasteiger partial charge in [-0.05, 0) is 36.6 Å². The summed E-state index contributed by atoms with van der Waals surface area (Å²) < 4.78 is 0. The van der Waals surface area contributed by atoms with Gasteiger partial charge in [0.2, 0.25) is 0 Å². The van der Waals surface area contributed by atoms with E-state index >= 15 is 0 Å². The van der Waals surface area contributed by atoms with Gasteiger partial charge in [-0.15, -0.1) is 0 Å². The topological polar surface area (TPSA) is 72.9 Å². The highest BCUT2D eigenvalue weighted by Gasteiger charge is 2.25. The van der Waals surface area contributed by atoms with E-state index in [2.05, 4.69) is 42.3 Å². The molecule has 0 aliphatic carbocycles. The van der Waals surface area contributed by atoms with Gasteiger partial charge in [0, 0.05) is 31.9 Å². The number of carbonyl (C=O) groups excluding carboxylic acids is 1. The molecule has 1 atom stereocenters. The molecule has 1 aliphatic rings. The van der Waals surface area contributed by atoms with Crippen LogP contribution in [0.15, 0.2) is 48.5 Å². The van der Waals surface area contributed by atoms with E-state index in [1.165, 1.54) is 16.8 Å². The maximum Gasteiger partial charge on any atom is 0.318 e. The highest BCUT2D eigenvalue weighted by molar-refractivity contribution is 5.76. The fraction of sp³-hybridized carbons (Fsp3) is 0.364. The molecule has 1 heterocycles. The molecule has 0 unspecified atom stereocenters. The van der Waals surface area contributed by atoms with Gasteiger partial charge < -0.3 is 20.2 Å². The number of rotatable bonds is 5. The molecule has 2 N–H and O–H groups in total. The van der Waals surface area contributed by atoms with Crippen molar-refractivity contribution in [2.75, 3.05) is 31.1 Å². The minimum absolute atomic E-state index is 0.141. The second kappa shape index (κ2) is 8.78. The number of carboxylic acids is 1. The molecule has 2 aromatic carbocycles. The first-order valence-electron chi connectivity index (χ1n) is 9.58. The van der Waals surface area contributed by atoms with Crippen molar-refractivity contribution in [3.05, 3.63) is 65.2 Å². The van der Waals surface area contributed by atoms with Crippen molar-refractivity contribution in [2.45, 2.75) is 26.3 Å². The Morgan fingerprint density at radius 2 is 1.71 bits per heavy atom. The molecule has 6 nitrogen and oxygen atoms in total. The van der Waals surface area contributed by atoms with Gasteiger partial charge in [0.25, 0.3) is 0 Å². The van der Waals surface area contributed by atoms with Crippen LogP contribution in [0.25, 0.3) is 0 Å². The number of nitrogens with zero attached hydrogens (tertiary/aromatic N) is 2. The first-order chi connectivity index (χ1) is 13.4. The third-order valence-electron chi connectivity index (χ3n) is 5.15.